The molecule has 12 atom stereocenters. The number of hydrogen-bond donors (Lipinski definition) is 8. The van der Waals surface area contributed by atoms with Gasteiger partial charge in [-0.05, 0) is 384 Å². The van der Waals surface area contributed by atoms with E-state index in [2.05, 4.69) is 69.8 Å². The molecule has 28 nitrogen and oxygen atoms in total. The third-order valence-electron chi connectivity index (χ3n) is 31.2. The fourth-order valence-corrected chi connectivity index (χ4v) is 23.5. The minimum absolute atomic E-state index is 0.0161. The quantitative estimate of drug-likeness (QED) is 0.0131. The second-order valence-electron chi connectivity index (χ2n) is 42.7. The summed E-state index contributed by atoms with van der Waals surface area (Å²) in [5.41, 5.74) is 14.5. The highest BCUT2D eigenvalue weighted by molar-refractivity contribution is 5.79. The van der Waals surface area contributed by atoms with Crippen molar-refractivity contribution in [2.24, 2.45) is 11.8 Å². The molecular formula is C116H152F4N12O16. The summed E-state index contributed by atoms with van der Waals surface area (Å²) in [5, 5.41) is 54.2. The van der Waals surface area contributed by atoms with Crippen LogP contribution >= 0.6 is 0 Å². The van der Waals surface area contributed by atoms with E-state index in [4.69, 9.17) is 57.8 Å². The summed E-state index contributed by atoms with van der Waals surface area (Å²) in [7, 11) is 0. The van der Waals surface area contributed by atoms with Gasteiger partial charge in [0.2, 0.25) is 0 Å². The van der Waals surface area contributed by atoms with Crippen LogP contribution in [0.4, 0.5) is 40.8 Å². The Morgan fingerprint density at radius 2 is 0.682 bits per heavy atom. The van der Waals surface area contributed by atoms with Gasteiger partial charge < -0.3 is 79.6 Å². The van der Waals surface area contributed by atoms with Crippen LogP contribution in [0.3, 0.4) is 0 Å². The molecule has 0 aliphatic carbocycles. The van der Waals surface area contributed by atoms with Gasteiger partial charge >= 0.3 is 23.9 Å². The van der Waals surface area contributed by atoms with E-state index in [9.17, 15) is 57.2 Å². The molecule has 0 spiro atoms. The second kappa shape index (κ2) is 53.7. The number of hydrogen-bond acceptors (Lipinski definition) is 24. The van der Waals surface area contributed by atoms with E-state index < -0.39 is 71.3 Å². The first-order valence-electron chi connectivity index (χ1n) is 54.9. The van der Waals surface area contributed by atoms with Crippen LogP contribution in [0, 0.1) is 35.1 Å². The number of rotatable bonds is 40. The fourth-order valence-electron chi connectivity index (χ4n) is 23.5. The van der Waals surface area contributed by atoms with Crippen LogP contribution in [0.25, 0.3) is 0 Å². The van der Waals surface area contributed by atoms with Crippen LogP contribution in [0.1, 0.15) is 306 Å². The van der Waals surface area contributed by atoms with Crippen LogP contribution in [0.15, 0.2) is 121 Å². The first-order chi connectivity index (χ1) is 72.0. The molecule has 8 aromatic rings. The van der Waals surface area contributed by atoms with Gasteiger partial charge in [-0.3, -0.25) is 38.8 Å². The van der Waals surface area contributed by atoms with E-state index in [1.807, 2.05) is 33.4 Å². The highest BCUT2D eigenvalue weighted by Gasteiger charge is 2.44. The number of likely N-dealkylation sites (tertiary alicyclic amines) is 4. The molecule has 0 bridgehead atoms. The summed E-state index contributed by atoms with van der Waals surface area (Å²) < 4.78 is 105. The zero-order chi connectivity index (χ0) is 103. The third kappa shape index (κ3) is 29.8. The lowest BCUT2D eigenvalue weighted by molar-refractivity contribution is -0.144. The van der Waals surface area contributed by atoms with Crippen molar-refractivity contribution in [2.45, 2.75) is 286 Å². The Morgan fingerprint density at radius 3 is 0.993 bits per heavy atom. The van der Waals surface area contributed by atoms with E-state index in [0.717, 1.165) is 300 Å². The van der Waals surface area contributed by atoms with Crippen molar-refractivity contribution in [1.29, 1.82) is 0 Å². The lowest BCUT2D eigenvalue weighted by Crippen LogP contribution is -2.34. The maximum atomic E-state index is 14.3. The molecule has 3 unspecified atom stereocenters. The molecule has 32 heteroatoms. The number of anilines is 4. The van der Waals surface area contributed by atoms with E-state index in [-0.39, 0.29) is 54.1 Å². The number of nitrogens with zero attached hydrogens (tertiary/aromatic N) is 8. The molecule has 4 aromatic heterocycles. The van der Waals surface area contributed by atoms with Gasteiger partial charge in [0.1, 0.15) is 70.7 Å². The van der Waals surface area contributed by atoms with Crippen molar-refractivity contribution in [1.82, 2.24) is 39.5 Å². The van der Waals surface area contributed by atoms with Crippen LogP contribution in [0.5, 0.6) is 0 Å². The summed E-state index contributed by atoms with van der Waals surface area (Å²) in [6.45, 7) is 18.6. The number of halogens is 4. The number of aryl methyl sites for hydroxylation is 8. The summed E-state index contributed by atoms with van der Waals surface area (Å²) in [6, 6.07) is 31.6. The summed E-state index contributed by atoms with van der Waals surface area (Å²) in [4.78, 5) is 76.4. The van der Waals surface area contributed by atoms with Gasteiger partial charge in [0.05, 0.1) is 55.4 Å². The fraction of sp³-hybridized carbons (Fsp3) is 0.586. The molecule has 0 radical (unpaired) electrons. The smallest absolute Gasteiger partial charge is 0.325 e. The molecule has 16 heterocycles. The summed E-state index contributed by atoms with van der Waals surface area (Å²) >= 11 is 0. The maximum absolute atomic E-state index is 14.3. The zero-order valence-electron chi connectivity index (χ0n) is 86.2. The number of fused-ring (bicyclic) bond motifs is 4. The Bertz CT molecular complexity index is 5540. The number of aliphatic carboxylic acids is 4. The Labute approximate surface area is 868 Å². The van der Waals surface area contributed by atoms with Gasteiger partial charge in [0, 0.05) is 134 Å². The second-order valence-corrected chi connectivity index (χ2v) is 42.7. The van der Waals surface area contributed by atoms with Crippen LogP contribution in [-0.4, -0.2) is 240 Å². The molecule has 8 fully saturated rings. The minimum Gasteiger partial charge on any atom is -0.480 e. The van der Waals surface area contributed by atoms with E-state index in [1.165, 1.54) is 70.8 Å². The maximum Gasteiger partial charge on any atom is 0.325 e. The molecule has 12 aliphatic rings. The number of aromatic nitrogens is 4. The average Bonchev–Trinajstić information content (AvgIpc) is 1.32. The molecule has 800 valence electrons. The molecule has 8 N–H and O–H groups in total. The van der Waals surface area contributed by atoms with Crippen molar-refractivity contribution in [2.75, 3.05) is 159 Å². The average molecular weight is 2050 g/mol. The van der Waals surface area contributed by atoms with Gasteiger partial charge in [-0.2, -0.15) is 0 Å². The SMILES string of the molecule is CC1(C)CCC(c2ccc(F)cc2[C@H](C(=O)O)N2CC[C@@H](OCCCCc3ccc4c(n3)NCCC4)C2)O1.O=C(O)[C@@H](c1cc(F)ccc1C1CCCCO1)N1CC[C@@H](COCCCc2ccc3c(n2)NCCC3)C1.O=C(O)[C@H](c1cc(F)ccc1C1CCCCO1)N1CC[C@@H](COCCCc2ccc3c(n2)NCCC3)C1.O=C(O)[C@H](c1cc(F)ccc1[C@H]1CCCO1)N1CC[C@@H](OCCCCc2ccc3c(n2)NCCC3)C1. The van der Waals surface area contributed by atoms with E-state index in [0.29, 0.717) is 134 Å². The number of carboxylic acid groups (broad SMARTS) is 4. The van der Waals surface area contributed by atoms with E-state index >= 15 is 0 Å². The van der Waals surface area contributed by atoms with Crippen LogP contribution in [-0.2, 0) is 108 Å². The number of unbranched alkanes of at least 4 members (excludes halogenated alkanes) is 2. The van der Waals surface area contributed by atoms with Crippen molar-refractivity contribution in [3.05, 3.63) is 234 Å². The van der Waals surface area contributed by atoms with Crippen molar-refractivity contribution < 1.29 is 95.1 Å². The van der Waals surface area contributed by atoms with Gasteiger partial charge in [-0.1, -0.05) is 48.5 Å². The predicted molar refractivity (Wildman–Crippen MR) is 557 cm³/mol. The molecular weight excluding hydrogens is 1890 g/mol. The molecule has 20 rings (SSSR count). The van der Waals surface area contributed by atoms with Crippen molar-refractivity contribution in [3.63, 3.8) is 0 Å². The molecule has 4 aromatic carbocycles. The predicted octanol–water partition coefficient (Wildman–Crippen LogP) is 20.0. The molecule has 0 amide bonds. The number of nitrogens with one attached hydrogen (secondary N) is 4. The lowest BCUT2D eigenvalue weighted by Gasteiger charge is -2.30. The van der Waals surface area contributed by atoms with Crippen LogP contribution < -0.4 is 21.3 Å². The first-order valence-corrected chi connectivity index (χ1v) is 54.9. The monoisotopic (exact) mass is 2050 g/mol. The molecule has 0 saturated carbocycles. The first kappa shape index (κ1) is 109. The number of ether oxygens (including phenoxy) is 8. The zero-order valence-corrected chi connectivity index (χ0v) is 86.2. The molecule has 148 heavy (non-hydrogen) atoms. The van der Waals surface area contributed by atoms with Gasteiger partial charge in [-0.15, -0.1) is 0 Å². The van der Waals surface area contributed by atoms with Gasteiger partial charge in [-0.25, -0.2) is 37.5 Å². The number of carbonyl (C=O) groups is 4. The Hall–Kier alpha value is -10.2. The van der Waals surface area contributed by atoms with Crippen molar-refractivity contribution in [3.8, 4) is 0 Å². The Morgan fingerprint density at radius 1 is 0.365 bits per heavy atom. The van der Waals surface area contributed by atoms with Gasteiger partial charge in [0.15, 0.2) is 0 Å². The van der Waals surface area contributed by atoms with Crippen LogP contribution in [0.2, 0.25) is 0 Å². The number of benzene rings is 4. The largest absolute Gasteiger partial charge is 0.480 e. The Balaban J connectivity index is 0.000000135. The normalized spacial score (nSPS) is 23.0. The lowest BCUT2D eigenvalue weighted by atomic mass is 9.92. The highest BCUT2D eigenvalue weighted by atomic mass is 19.1. The third-order valence-corrected chi connectivity index (χ3v) is 31.2. The Kier molecular flexibility index (Phi) is 39.5. The standard InChI is InChI=1S/C30H40FN3O4.2C29H38FN3O4.C28H36FN3O4/c1-30(2)14-12-26(38-30)24-11-9-21(31)18-25(24)27(29(35)36)34-16-13-23(19-34)37-17-4-3-7-22-10-8-20-6-5-15-32-28(20)33-22;2*30-22-9-11-24(26-7-1-2-16-37-26)25(17-22)27(29(34)35)33-14-12-20(18-33)19-36-15-4-6-23-10-8-21-5-3-13-31-28(21)32-23;29-20-9-11-23(25-7-4-16-36-25)24(17-20)26(28(33)34)32-14-12-22(18-32)35-15-2-1-6-21-10-8-19-5-3-13-30-27(19)31-21/h8-11,18,23,26-27H,3-7,12-17,19H2,1-2H3,(H,32,33)(H,35,36);2*8-11,17,20,26-27H,1-7,12-16,18-19H2,(H,31,32)(H,34,35);8-11,17,22,25-26H,1-7,12-16,18H2,(H,30,31)(H,33,34)/t23-,26?,27-;20-,26?,27+;20-,26?,27-;22-,25-,26+/m1111/s1. The molecule has 8 saturated heterocycles. The minimum atomic E-state index is -0.971. The topological polar surface area (TPSA) is 336 Å². The highest BCUT2D eigenvalue weighted by Crippen LogP contribution is 2.46. The summed E-state index contributed by atoms with van der Waals surface area (Å²) in [6.07, 6.45) is 29.9. The van der Waals surface area contributed by atoms with Gasteiger partial charge in [0.25, 0.3) is 0 Å². The van der Waals surface area contributed by atoms with E-state index in [1.54, 1.807) is 24.3 Å². The summed E-state index contributed by atoms with van der Waals surface area (Å²) in [5.74, 6) is -0.858. The number of carboxylic acids is 4. The molecule has 12 aliphatic heterocycles. The van der Waals surface area contributed by atoms with Crippen molar-refractivity contribution >= 4 is 47.1 Å². The number of pyridine rings is 4.